The fourth-order valence-corrected chi connectivity index (χ4v) is 4.38. The molecule has 0 aliphatic carbocycles. The Morgan fingerprint density at radius 2 is 1.10 bits per heavy atom. The number of nitrogens with zero attached hydrogens (tertiary/aromatic N) is 1. The van der Waals surface area contributed by atoms with Crippen LogP contribution in [0.25, 0.3) is 34.0 Å². The van der Waals surface area contributed by atoms with Crippen LogP contribution in [0.2, 0.25) is 0 Å². The van der Waals surface area contributed by atoms with Crippen LogP contribution < -0.4 is 0 Å². The summed E-state index contributed by atoms with van der Waals surface area (Å²) >= 11 is 0. The molecule has 0 atom stereocenters. The zero-order valence-electron chi connectivity index (χ0n) is 18.3. The number of benzene rings is 2. The first-order valence-corrected chi connectivity index (χ1v) is 11.6. The molecule has 0 bridgehead atoms. The normalized spacial score (nSPS) is 11.3. The predicted octanol–water partition coefficient (Wildman–Crippen LogP) is 9.00. The first-order chi connectivity index (χ1) is 14.3. The molecule has 1 aromatic heterocycles. The highest BCUT2D eigenvalue weighted by atomic mass is 15.0. The fraction of sp³-hybridized carbons (Fsp3) is 0.429. The fourth-order valence-electron chi connectivity index (χ4n) is 4.38. The van der Waals surface area contributed by atoms with Crippen molar-refractivity contribution in [3.63, 3.8) is 0 Å². The molecule has 0 spiro atoms. The van der Waals surface area contributed by atoms with Crippen LogP contribution in [-0.4, -0.2) is 4.57 Å². The van der Waals surface area contributed by atoms with Crippen molar-refractivity contribution >= 4 is 34.0 Å². The molecule has 0 saturated carbocycles. The molecule has 0 N–H and O–H groups in total. The molecule has 1 heterocycles. The van der Waals surface area contributed by atoms with Gasteiger partial charge in [-0.25, -0.2) is 0 Å². The third-order valence-electron chi connectivity index (χ3n) is 6.12. The Bertz CT molecular complexity index is 879. The number of hydrogen-bond donors (Lipinski definition) is 0. The van der Waals surface area contributed by atoms with E-state index in [4.69, 9.17) is 0 Å². The van der Waals surface area contributed by atoms with E-state index in [1.54, 1.807) is 0 Å². The van der Waals surface area contributed by atoms with E-state index in [9.17, 15) is 0 Å². The Kier molecular flexibility index (Phi) is 8.16. The van der Waals surface area contributed by atoms with Crippen LogP contribution in [0.3, 0.4) is 0 Å². The van der Waals surface area contributed by atoms with Crippen molar-refractivity contribution in [3.8, 4) is 0 Å². The highest BCUT2D eigenvalue weighted by Crippen LogP contribution is 2.31. The molecule has 0 saturated heterocycles. The number of aromatic nitrogens is 1. The summed E-state index contributed by atoms with van der Waals surface area (Å²) in [4.78, 5) is 0. The summed E-state index contributed by atoms with van der Waals surface area (Å²) in [5.41, 5.74) is 5.03. The van der Waals surface area contributed by atoms with Gasteiger partial charge in [-0.2, -0.15) is 0 Å². The highest BCUT2D eigenvalue weighted by Gasteiger charge is 2.11. The van der Waals surface area contributed by atoms with Gasteiger partial charge in [0.2, 0.25) is 0 Å². The lowest BCUT2D eigenvalue weighted by atomic mass is 10.1. The Morgan fingerprint density at radius 3 is 1.55 bits per heavy atom. The summed E-state index contributed by atoms with van der Waals surface area (Å²) in [6.07, 6.45) is 17.6. The lowest BCUT2D eigenvalue weighted by Crippen LogP contribution is -1.98. The van der Waals surface area contributed by atoms with Gasteiger partial charge in [0.1, 0.15) is 0 Å². The molecule has 1 heteroatoms. The average Bonchev–Trinajstić information content (AvgIpc) is 3.07. The topological polar surface area (TPSA) is 4.93 Å². The molecule has 0 aliphatic rings. The van der Waals surface area contributed by atoms with E-state index in [1.807, 2.05) is 12.2 Å². The van der Waals surface area contributed by atoms with Gasteiger partial charge in [-0.05, 0) is 29.7 Å². The van der Waals surface area contributed by atoms with Crippen LogP contribution in [0.1, 0.15) is 82.3 Å². The molecule has 0 radical (unpaired) electrons. The van der Waals surface area contributed by atoms with Crippen molar-refractivity contribution in [1.82, 2.24) is 4.57 Å². The largest absolute Gasteiger partial charge is 0.340 e. The van der Waals surface area contributed by atoms with Crippen LogP contribution in [0, 0.1) is 0 Å². The third kappa shape index (κ3) is 5.41. The van der Waals surface area contributed by atoms with E-state index in [0.717, 1.165) is 6.54 Å². The minimum Gasteiger partial charge on any atom is -0.340 e. The SMILES string of the molecule is C=Cc1ccc2c3ccc(C=C)cc3n(CCCCCCCCCCCC)c2c1. The van der Waals surface area contributed by atoms with Crippen LogP contribution >= 0.6 is 0 Å². The molecule has 3 rings (SSSR count). The summed E-state index contributed by atoms with van der Waals surface area (Å²) in [6, 6.07) is 13.4. The first kappa shape index (κ1) is 21.4. The summed E-state index contributed by atoms with van der Waals surface area (Å²) in [7, 11) is 0. The molecule has 2 aromatic carbocycles. The molecular formula is C28H37N. The predicted molar refractivity (Wildman–Crippen MR) is 131 cm³/mol. The Hall–Kier alpha value is -2.28. The summed E-state index contributed by atoms with van der Waals surface area (Å²) in [5.74, 6) is 0. The summed E-state index contributed by atoms with van der Waals surface area (Å²) in [6.45, 7) is 11.3. The molecule has 29 heavy (non-hydrogen) atoms. The van der Waals surface area contributed by atoms with E-state index in [-0.39, 0.29) is 0 Å². The zero-order valence-corrected chi connectivity index (χ0v) is 18.3. The maximum atomic E-state index is 3.95. The van der Waals surface area contributed by atoms with Crippen LogP contribution in [0.4, 0.5) is 0 Å². The second kappa shape index (κ2) is 11.0. The van der Waals surface area contributed by atoms with Crippen molar-refractivity contribution < 1.29 is 0 Å². The van der Waals surface area contributed by atoms with E-state index in [2.05, 4.69) is 61.0 Å². The molecule has 0 fully saturated rings. The van der Waals surface area contributed by atoms with Gasteiger partial charge in [0.15, 0.2) is 0 Å². The van der Waals surface area contributed by atoms with Crippen molar-refractivity contribution in [3.05, 3.63) is 60.7 Å². The molecule has 0 unspecified atom stereocenters. The Labute approximate surface area is 177 Å². The van der Waals surface area contributed by atoms with E-state index >= 15 is 0 Å². The lowest BCUT2D eigenvalue weighted by molar-refractivity contribution is 0.541. The van der Waals surface area contributed by atoms with Gasteiger partial charge in [-0.1, -0.05) is 114 Å². The maximum Gasteiger partial charge on any atom is 0.0497 e. The molecule has 0 amide bonds. The van der Waals surface area contributed by atoms with Crippen LogP contribution in [0.15, 0.2) is 49.6 Å². The Morgan fingerprint density at radius 1 is 0.655 bits per heavy atom. The van der Waals surface area contributed by atoms with E-state index in [0.29, 0.717) is 0 Å². The quantitative estimate of drug-likeness (QED) is 0.258. The monoisotopic (exact) mass is 387 g/mol. The van der Waals surface area contributed by atoms with Gasteiger partial charge in [-0.15, -0.1) is 0 Å². The standard InChI is InChI=1S/C28H37N/c1-4-7-8-9-10-11-12-13-14-15-20-29-27-21-23(5-2)16-18-25(27)26-19-17-24(6-3)22-28(26)29/h5-6,16-19,21-22H,2-4,7-15,20H2,1H3. The lowest BCUT2D eigenvalue weighted by Gasteiger charge is -2.09. The molecule has 0 aliphatic heterocycles. The minimum absolute atomic E-state index is 1.08. The average molecular weight is 388 g/mol. The number of aryl methyl sites for hydroxylation is 1. The molecule has 154 valence electrons. The second-order valence-electron chi connectivity index (χ2n) is 8.30. The van der Waals surface area contributed by atoms with Gasteiger partial charge in [0.05, 0.1) is 0 Å². The van der Waals surface area contributed by atoms with E-state index in [1.165, 1.54) is 97.1 Å². The number of rotatable bonds is 13. The third-order valence-corrected chi connectivity index (χ3v) is 6.12. The van der Waals surface area contributed by atoms with Gasteiger partial charge >= 0.3 is 0 Å². The molecule has 1 nitrogen and oxygen atoms in total. The highest BCUT2D eigenvalue weighted by molar-refractivity contribution is 6.09. The smallest absolute Gasteiger partial charge is 0.0497 e. The first-order valence-electron chi connectivity index (χ1n) is 11.6. The maximum absolute atomic E-state index is 3.95. The van der Waals surface area contributed by atoms with Crippen LogP contribution in [-0.2, 0) is 6.54 Å². The van der Waals surface area contributed by atoms with Crippen LogP contribution in [0.5, 0.6) is 0 Å². The van der Waals surface area contributed by atoms with Crippen molar-refractivity contribution in [2.75, 3.05) is 0 Å². The van der Waals surface area contributed by atoms with Gasteiger partial charge in [0.25, 0.3) is 0 Å². The molecular weight excluding hydrogens is 350 g/mol. The van der Waals surface area contributed by atoms with Crippen molar-refractivity contribution in [2.24, 2.45) is 0 Å². The van der Waals surface area contributed by atoms with Gasteiger partial charge in [0, 0.05) is 28.4 Å². The summed E-state index contributed by atoms with van der Waals surface area (Å²) < 4.78 is 2.51. The zero-order chi connectivity index (χ0) is 20.5. The van der Waals surface area contributed by atoms with Gasteiger partial charge < -0.3 is 4.57 Å². The van der Waals surface area contributed by atoms with Crippen molar-refractivity contribution in [1.29, 1.82) is 0 Å². The number of unbranched alkanes of at least 4 members (excludes halogenated alkanes) is 9. The second-order valence-corrected chi connectivity index (χ2v) is 8.30. The Balaban J connectivity index is 1.64. The minimum atomic E-state index is 1.08. The van der Waals surface area contributed by atoms with Gasteiger partial charge in [-0.3, -0.25) is 0 Å². The summed E-state index contributed by atoms with van der Waals surface area (Å²) in [5, 5.41) is 2.68. The van der Waals surface area contributed by atoms with E-state index < -0.39 is 0 Å². The number of hydrogen-bond acceptors (Lipinski definition) is 0. The van der Waals surface area contributed by atoms with Crippen molar-refractivity contribution in [2.45, 2.75) is 77.7 Å². The number of fused-ring (bicyclic) bond motifs is 3. The molecule has 3 aromatic rings.